The third-order valence-corrected chi connectivity index (χ3v) is 3.66. The van der Waals surface area contributed by atoms with Gasteiger partial charge in [0.1, 0.15) is 0 Å². The number of thiazole rings is 1. The van der Waals surface area contributed by atoms with Crippen LogP contribution in [0.25, 0.3) is 0 Å². The minimum atomic E-state index is 0.543. The molecule has 1 fully saturated rings. The maximum atomic E-state index is 4.69. The molecule has 2 rings (SSSR count). The first kappa shape index (κ1) is 10.1. The molecule has 0 radical (unpaired) electrons. The number of unbranched alkanes of at least 4 members (excludes halogenated alkanes) is 1. The molecule has 1 atom stereocenters. The molecule has 1 aromatic rings. The highest BCUT2D eigenvalue weighted by Gasteiger charge is 2.18. The smallest absolute Gasteiger partial charge is 0.0928 e. The lowest BCUT2D eigenvalue weighted by atomic mass is 10.2. The van der Waals surface area contributed by atoms with Crippen LogP contribution in [0.3, 0.4) is 0 Å². The average molecular weight is 210 g/mol. The second-order valence-corrected chi connectivity index (χ2v) is 4.86. The topological polar surface area (TPSA) is 24.9 Å². The Bertz CT molecular complexity index is 277. The summed E-state index contributed by atoms with van der Waals surface area (Å²) < 4.78 is 0. The SMILES string of the molecule is CCCCc1nc([C@H]2CCCN2)cs1. The van der Waals surface area contributed by atoms with Crippen LogP contribution in [-0.2, 0) is 6.42 Å². The van der Waals surface area contributed by atoms with E-state index < -0.39 is 0 Å². The lowest BCUT2D eigenvalue weighted by Crippen LogP contribution is -2.13. The Morgan fingerprint density at radius 3 is 3.29 bits per heavy atom. The van der Waals surface area contributed by atoms with Crippen LogP contribution in [0, 0.1) is 0 Å². The molecule has 78 valence electrons. The first-order chi connectivity index (χ1) is 6.90. The van der Waals surface area contributed by atoms with Crippen LogP contribution in [0.1, 0.15) is 49.4 Å². The van der Waals surface area contributed by atoms with Crippen molar-refractivity contribution in [2.75, 3.05) is 6.54 Å². The summed E-state index contributed by atoms with van der Waals surface area (Å²) in [4.78, 5) is 4.69. The second-order valence-electron chi connectivity index (χ2n) is 3.92. The van der Waals surface area contributed by atoms with E-state index >= 15 is 0 Å². The Labute approximate surface area is 89.8 Å². The fourth-order valence-corrected chi connectivity index (χ4v) is 2.76. The molecule has 1 aliphatic rings. The fourth-order valence-electron chi connectivity index (χ4n) is 1.86. The Kier molecular flexibility index (Phi) is 3.54. The quantitative estimate of drug-likeness (QED) is 0.826. The van der Waals surface area contributed by atoms with Crippen LogP contribution >= 0.6 is 11.3 Å². The van der Waals surface area contributed by atoms with Crippen molar-refractivity contribution >= 4 is 11.3 Å². The first-order valence-corrected chi connectivity index (χ1v) is 6.46. The summed E-state index contributed by atoms with van der Waals surface area (Å²) in [6.07, 6.45) is 6.25. The molecule has 0 unspecified atom stereocenters. The van der Waals surface area contributed by atoms with Gasteiger partial charge in [-0.1, -0.05) is 13.3 Å². The molecular weight excluding hydrogens is 192 g/mol. The van der Waals surface area contributed by atoms with Crippen LogP contribution in [0.15, 0.2) is 5.38 Å². The standard InChI is InChI=1S/C11H18N2S/c1-2-3-6-11-13-10(8-14-11)9-5-4-7-12-9/h8-9,12H,2-7H2,1H3/t9-/m1/s1. The lowest BCUT2D eigenvalue weighted by molar-refractivity contribution is 0.628. The summed E-state index contributed by atoms with van der Waals surface area (Å²) in [7, 11) is 0. The molecular formula is C11H18N2S. The Morgan fingerprint density at radius 1 is 1.64 bits per heavy atom. The lowest BCUT2D eigenvalue weighted by Gasteiger charge is -2.04. The molecule has 1 aromatic heterocycles. The van der Waals surface area contributed by atoms with Gasteiger partial charge in [-0.3, -0.25) is 0 Å². The summed E-state index contributed by atoms with van der Waals surface area (Å²) in [6.45, 7) is 3.39. The van der Waals surface area contributed by atoms with Gasteiger partial charge < -0.3 is 5.32 Å². The average Bonchev–Trinajstić information content (AvgIpc) is 2.85. The molecule has 0 saturated carbocycles. The van der Waals surface area contributed by atoms with E-state index in [1.54, 1.807) is 0 Å². The van der Waals surface area contributed by atoms with Gasteiger partial charge in [-0.05, 0) is 32.2 Å². The van der Waals surface area contributed by atoms with Crippen molar-refractivity contribution in [2.24, 2.45) is 0 Å². The van der Waals surface area contributed by atoms with Crippen molar-refractivity contribution in [3.8, 4) is 0 Å². The molecule has 2 heterocycles. The van der Waals surface area contributed by atoms with Gasteiger partial charge in [0.25, 0.3) is 0 Å². The van der Waals surface area contributed by atoms with E-state index in [1.807, 2.05) is 11.3 Å². The predicted octanol–water partition coefficient (Wildman–Crippen LogP) is 2.91. The Balaban J connectivity index is 1.94. The number of nitrogens with one attached hydrogen (secondary N) is 1. The summed E-state index contributed by atoms with van der Waals surface area (Å²) in [5.74, 6) is 0. The van der Waals surface area contributed by atoms with Crippen molar-refractivity contribution in [1.29, 1.82) is 0 Å². The van der Waals surface area contributed by atoms with Gasteiger partial charge in [0, 0.05) is 5.38 Å². The summed E-state index contributed by atoms with van der Waals surface area (Å²) in [6, 6.07) is 0.543. The van der Waals surface area contributed by atoms with E-state index in [9.17, 15) is 0 Å². The van der Waals surface area contributed by atoms with E-state index in [2.05, 4.69) is 22.6 Å². The zero-order chi connectivity index (χ0) is 9.80. The monoisotopic (exact) mass is 210 g/mol. The summed E-state index contributed by atoms with van der Waals surface area (Å²) in [5, 5.41) is 7.03. The van der Waals surface area contributed by atoms with Crippen molar-refractivity contribution in [3.05, 3.63) is 16.1 Å². The van der Waals surface area contributed by atoms with Crippen molar-refractivity contribution < 1.29 is 0 Å². The van der Waals surface area contributed by atoms with Crippen molar-refractivity contribution in [2.45, 2.75) is 45.1 Å². The largest absolute Gasteiger partial charge is 0.309 e. The zero-order valence-corrected chi connectivity index (χ0v) is 9.57. The number of aromatic nitrogens is 1. The molecule has 0 amide bonds. The molecule has 0 bridgehead atoms. The number of hydrogen-bond donors (Lipinski definition) is 1. The minimum absolute atomic E-state index is 0.543. The predicted molar refractivity (Wildman–Crippen MR) is 60.7 cm³/mol. The van der Waals surface area contributed by atoms with Gasteiger partial charge >= 0.3 is 0 Å². The van der Waals surface area contributed by atoms with Gasteiger partial charge in [0.2, 0.25) is 0 Å². The van der Waals surface area contributed by atoms with Crippen molar-refractivity contribution in [3.63, 3.8) is 0 Å². The highest BCUT2D eigenvalue weighted by Crippen LogP contribution is 2.24. The molecule has 0 spiro atoms. The van der Waals surface area contributed by atoms with Crippen LogP contribution < -0.4 is 5.32 Å². The number of hydrogen-bond acceptors (Lipinski definition) is 3. The van der Waals surface area contributed by atoms with Crippen LogP contribution in [0.2, 0.25) is 0 Å². The van der Waals surface area contributed by atoms with Gasteiger partial charge in [-0.25, -0.2) is 4.98 Å². The van der Waals surface area contributed by atoms with Gasteiger partial charge in [0.15, 0.2) is 0 Å². The normalized spacial score (nSPS) is 21.6. The van der Waals surface area contributed by atoms with Gasteiger partial charge in [0.05, 0.1) is 16.7 Å². The first-order valence-electron chi connectivity index (χ1n) is 5.58. The maximum Gasteiger partial charge on any atom is 0.0928 e. The molecule has 0 aromatic carbocycles. The van der Waals surface area contributed by atoms with Gasteiger partial charge in [-0.2, -0.15) is 0 Å². The molecule has 1 N–H and O–H groups in total. The second kappa shape index (κ2) is 4.89. The molecule has 14 heavy (non-hydrogen) atoms. The zero-order valence-electron chi connectivity index (χ0n) is 8.75. The molecule has 2 nitrogen and oxygen atoms in total. The van der Waals surface area contributed by atoms with Crippen LogP contribution in [0.4, 0.5) is 0 Å². The van der Waals surface area contributed by atoms with Gasteiger partial charge in [-0.15, -0.1) is 11.3 Å². The third kappa shape index (κ3) is 2.34. The summed E-state index contributed by atoms with van der Waals surface area (Å²) >= 11 is 1.83. The fraction of sp³-hybridized carbons (Fsp3) is 0.727. The minimum Gasteiger partial charge on any atom is -0.309 e. The molecule has 0 aliphatic carbocycles. The van der Waals surface area contributed by atoms with Crippen molar-refractivity contribution in [1.82, 2.24) is 10.3 Å². The summed E-state index contributed by atoms with van der Waals surface area (Å²) in [5.41, 5.74) is 1.28. The number of nitrogens with zero attached hydrogens (tertiary/aromatic N) is 1. The van der Waals surface area contributed by atoms with E-state index in [-0.39, 0.29) is 0 Å². The van der Waals surface area contributed by atoms with E-state index in [0.717, 1.165) is 13.0 Å². The van der Waals surface area contributed by atoms with E-state index in [0.29, 0.717) is 6.04 Å². The Hall–Kier alpha value is -0.410. The maximum absolute atomic E-state index is 4.69. The molecule has 3 heteroatoms. The number of aryl methyl sites for hydroxylation is 1. The van der Waals surface area contributed by atoms with Crippen LogP contribution in [-0.4, -0.2) is 11.5 Å². The van der Waals surface area contributed by atoms with E-state index in [4.69, 9.17) is 0 Å². The number of rotatable bonds is 4. The van der Waals surface area contributed by atoms with E-state index in [1.165, 1.54) is 36.4 Å². The highest BCUT2D eigenvalue weighted by atomic mass is 32.1. The molecule has 1 saturated heterocycles. The Morgan fingerprint density at radius 2 is 2.57 bits per heavy atom. The third-order valence-electron chi connectivity index (χ3n) is 2.73. The molecule has 1 aliphatic heterocycles. The highest BCUT2D eigenvalue weighted by molar-refractivity contribution is 7.09. The van der Waals surface area contributed by atoms with Crippen LogP contribution in [0.5, 0.6) is 0 Å².